The van der Waals surface area contributed by atoms with Crippen molar-refractivity contribution in [2.45, 2.75) is 0 Å². The van der Waals surface area contributed by atoms with Gasteiger partial charge in [0.1, 0.15) is 0 Å². The molecule has 270 valence electrons. The minimum atomic E-state index is 0.636. The molecule has 0 atom stereocenters. The Balaban J connectivity index is 1.11. The standard InChI is InChI=1S/C53H32N4S/c1-2-14-33(15-3-1)34-18-12-19-37(30-34)51-54-52(56-53(55-51)43-24-13-27-49-50(43)42-23-9-11-26-48(42)58-49)41-28-29-46(39-21-7-6-20-38(39)41)57-45-25-10-8-22-40(45)44-31-35-16-4-5-17-36(35)32-47(44)57/h1-32H. The molecule has 58 heavy (non-hydrogen) atoms. The van der Waals surface area contributed by atoms with Crippen molar-refractivity contribution in [3.8, 4) is 51.0 Å². The zero-order chi connectivity index (χ0) is 38.2. The summed E-state index contributed by atoms with van der Waals surface area (Å²) in [6.45, 7) is 0. The molecular weight excluding hydrogens is 725 g/mol. The van der Waals surface area contributed by atoms with Crippen LogP contribution in [-0.2, 0) is 0 Å². The van der Waals surface area contributed by atoms with Gasteiger partial charge in [0.15, 0.2) is 17.5 Å². The lowest BCUT2D eigenvalue weighted by atomic mass is 10.0. The molecule has 0 spiro atoms. The molecule has 9 aromatic carbocycles. The van der Waals surface area contributed by atoms with Gasteiger partial charge in [-0.05, 0) is 75.8 Å². The van der Waals surface area contributed by atoms with Crippen molar-refractivity contribution in [1.82, 2.24) is 19.5 Å². The van der Waals surface area contributed by atoms with Crippen LogP contribution >= 0.6 is 11.3 Å². The molecule has 0 fully saturated rings. The lowest BCUT2D eigenvalue weighted by Crippen LogP contribution is -2.02. The number of para-hydroxylation sites is 1. The maximum atomic E-state index is 5.37. The van der Waals surface area contributed by atoms with Gasteiger partial charge in [-0.15, -0.1) is 11.3 Å². The Bertz CT molecular complexity index is 3580. The highest BCUT2D eigenvalue weighted by Crippen LogP contribution is 2.42. The van der Waals surface area contributed by atoms with Crippen LogP contribution in [0.2, 0.25) is 0 Å². The van der Waals surface area contributed by atoms with Crippen molar-refractivity contribution in [3.63, 3.8) is 0 Å². The highest BCUT2D eigenvalue weighted by molar-refractivity contribution is 7.25. The Hall–Kier alpha value is -7.47. The van der Waals surface area contributed by atoms with Crippen LogP contribution in [0.5, 0.6) is 0 Å². The highest BCUT2D eigenvalue weighted by Gasteiger charge is 2.21. The third-order valence-corrected chi connectivity index (χ3v) is 12.6. The predicted molar refractivity (Wildman–Crippen MR) is 244 cm³/mol. The zero-order valence-electron chi connectivity index (χ0n) is 31.2. The largest absolute Gasteiger partial charge is 0.309 e. The molecular formula is C53H32N4S. The quantitative estimate of drug-likeness (QED) is 0.176. The number of nitrogens with zero attached hydrogens (tertiary/aromatic N) is 4. The van der Waals surface area contributed by atoms with Gasteiger partial charge in [0, 0.05) is 53.0 Å². The molecule has 0 aliphatic heterocycles. The Morgan fingerprint density at radius 3 is 1.83 bits per heavy atom. The summed E-state index contributed by atoms with van der Waals surface area (Å²) >= 11 is 1.80. The van der Waals surface area contributed by atoms with Gasteiger partial charge in [0.25, 0.3) is 0 Å². The molecule has 0 bridgehead atoms. The molecule has 3 heterocycles. The zero-order valence-corrected chi connectivity index (χ0v) is 32.0. The minimum absolute atomic E-state index is 0.636. The van der Waals surface area contributed by atoms with E-state index < -0.39 is 0 Å². The van der Waals surface area contributed by atoms with Gasteiger partial charge in [0.2, 0.25) is 0 Å². The van der Waals surface area contributed by atoms with Crippen LogP contribution < -0.4 is 0 Å². The molecule has 12 rings (SSSR count). The highest BCUT2D eigenvalue weighted by atomic mass is 32.1. The van der Waals surface area contributed by atoms with Crippen molar-refractivity contribution in [1.29, 1.82) is 0 Å². The number of fused-ring (bicyclic) bond motifs is 8. The SMILES string of the molecule is c1ccc(-c2cccc(-c3nc(-c4ccc(-n5c6ccccc6c6cc7ccccc7cc65)c5ccccc45)nc(-c4cccc5sc6ccccc6c45)n3)c2)cc1. The maximum Gasteiger partial charge on any atom is 0.164 e. The smallest absolute Gasteiger partial charge is 0.164 e. The minimum Gasteiger partial charge on any atom is -0.309 e. The molecule has 3 aromatic heterocycles. The first kappa shape index (κ1) is 32.7. The monoisotopic (exact) mass is 756 g/mol. The number of aromatic nitrogens is 4. The average molecular weight is 757 g/mol. The molecule has 0 radical (unpaired) electrons. The van der Waals surface area contributed by atoms with E-state index in [1.54, 1.807) is 11.3 Å². The van der Waals surface area contributed by atoms with E-state index in [9.17, 15) is 0 Å². The van der Waals surface area contributed by atoms with Gasteiger partial charge < -0.3 is 4.57 Å². The number of hydrogen-bond donors (Lipinski definition) is 0. The van der Waals surface area contributed by atoms with Crippen LogP contribution in [-0.4, -0.2) is 19.5 Å². The fraction of sp³-hybridized carbons (Fsp3) is 0. The maximum absolute atomic E-state index is 5.37. The summed E-state index contributed by atoms with van der Waals surface area (Å²) in [6.07, 6.45) is 0. The summed E-state index contributed by atoms with van der Waals surface area (Å²) in [5.41, 5.74) is 8.61. The van der Waals surface area contributed by atoms with E-state index >= 15 is 0 Å². The van der Waals surface area contributed by atoms with E-state index in [0.717, 1.165) is 44.3 Å². The van der Waals surface area contributed by atoms with Crippen LogP contribution in [0.4, 0.5) is 0 Å². The van der Waals surface area contributed by atoms with Gasteiger partial charge in [0.05, 0.1) is 16.7 Å². The first-order valence-corrected chi connectivity index (χ1v) is 20.3. The second kappa shape index (κ2) is 13.1. The summed E-state index contributed by atoms with van der Waals surface area (Å²) in [4.78, 5) is 16.0. The summed E-state index contributed by atoms with van der Waals surface area (Å²) in [5.74, 6) is 1.93. The molecule has 0 saturated carbocycles. The van der Waals surface area contributed by atoms with Crippen LogP contribution in [0.1, 0.15) is 0 Å². The fourth-order valence-electron chi connectivity index (χ4n) is 8.76. The Morgan fingerprint density at radius 2 is 0.966 bits per heavy atom. The van der Waals surface area contributed by atoms with Gasteiger partial charge in [-0.1, -0.05) is 146 Å². The topological polar surface area (TPSA) is 43.6 Å². The normalized spacial score (nSPS) is 11.8. The number of rotatable bonds is 5. The van der Waals surface area contributed by atoms with Crippen LogP contribution in [0.25, 0.3) is 115 Å². The molecule has 0 amide bonds. The van der Waals surface area contributed by atoms with Crippen LogP contribution in [0, 0.1) is 0 Å². The van der Waals surface area contributed by atoms with Gasteiger partial charge in [-0.3, -0.25) is 0 Å². The van der Waals surface area contributed by atoms with E-state index in [-0.39, 0.29) is 0 Å². The third-order valence-electron chi connectivity index (χ3n) is 11.4. The van der Waals surface area contributed by atoms with E-state index in [2.05, 4.69) is 193 Å². The average Bonchev–Trinajstić information content (AvgIpc) is 3.83. The molecule has 0 aliphatic carbocycles. The van der Waals surface area contributed by atoms with Crippen LogP contribution in [0.15, 0.2) is 194 Å². The molecule has 0 N–H and O–H groups in total. The van der Waals surface area contributed by atoms with Crippen molar-refractivity contribution < 1.29 is 0 Å². The lowest BCUT2D eigenvalue weighted by Gasteiger charge is -2.15. The second-order valence-corrected chi connectivity index (χ2v) is 15.9. The Morgan fingerprint density at radius 1 is 0.345 bits per heavy atom. The summed E-state index contributed by atoms with van der Waals surface area (Å²) in [7, 11) is 0. The van der Waals surface area contributed by atoms with Crippen molar-refractivity contribution in [2.75, 3.05) is 0 Å². The number of benzene rings is 9. The summed E-state index contributed by atoms with van der Waals surface area (Å²) in [6, 6.07) is 69.2. The number of hydrogen-bond acceptors (Lipinski definition) is 4. The lowest BCUT2D eigenvalue weighted by molar-refractivity contribution is 1.08. The molecule has 0 aliphatic rings. The third kappa shape index (κ3) is 5.18. The van der Waals surface area contributed by atoms with E-state index in [1.165, 1.54) is 52.8 Å². The molecule has 0 saturated heterocycles. The fourth-order valence-corrected chi connectivity index (χ4v) is 9.90. The van der Waals surface area contributed by atoms with Crippen molar-refractivity contribution in [2.24, 2.45) is 0 Å². The Kier molecular flexibility index (Phi) is 7.37. The first-order chi connectivity index (χ1) is 28.7. The molecule has 4 nitrogen and oxygen atoms in total. The van der Waals surface area contributed by atoms with E-state index in [4.69, 9.17) is 15.0 Å². The summed E-state index contributed by atoms with van der Waals surface area (Å²) in [5, 5.41) is 9.50. The van der Waals surface area contributed by atoms with Gasteiger partial charge in [-0.25, -0.2) is 15.0 Å². The van der Waals surface area contributed by atoms with Crippen LogP contribution in [0.3, 0.4) is 0 Å². The molecule has 12 aromatic rings. The second-order valence-electron chi connectivity index (χ2n) is 14.8. The van der Waals surface area contributed by atoms with Gasteiger partial charge >= 0.3 is 0 Å². The number of thiophene rings is 1. The molecule has 0 unspecified atom stereocenters. The molecule has 5 heteroatoms. The predicted octanol–water partition coefficient (Wildman–Crippen LogP) is 14.3. The van der Waals surface area contributed by atoms with Gasteiger partial charge in [-0.2, -0.15) is 0 Å². The summed E-state index contributed by atoms with van der Waals surface area (Å²) < 4.78 is 4.88. The Labute approximate surface area is 338 Å². The van der Waals surface area contributed by atoms with E-state index in [1.807, 2.05) is 6.07 Å². The van der Waals surface area contributed by atoms with Crippen molar-refractivity contribution >= 4 is 74.9 Å². The first-order valence-electron chi connectivity index (χ1n) is 19.5. The van der Waals surface area contributed by atoms with Crippen molar-refractivity contribution in [3.05, 3.63) is 194 Å². The van der Waals surface area contributed by atoms with E-state index in [0.29, 0.717) is 17.5 Å².